The minimum atomic E-state index is -4.41. The highest BCUT2D eigenvalue weighted by molar-refractivity contribution is 5.75. The van der Waals surface area contributed by atoms with Crippen LogP contribution in [0.15, 0.2) is 54.6 Å². The van der Waals surface area contributed by atoms with E-state index < -0.39 is 11.7 Å². The molecule has 0 radical (unpaired) electrons. The van der Waals surface area contributed by atoms with Gasteiger partial charge in [-0.3, -0.25) is 0 Å². The molecule has 1 fully saturated rings. The van der Waals surface area contributed by atoms with E-state index in [2.05, 4.69) is 0 Å². The van der Waals surface area contributed by atoms with Crippen LogP contribution in [0.3, 0.4) is 0 Å². The molecule has 4 rings (SSSR count). The van der Waals surface area contributed by atoms with Crippen molar-refractivity contribution in [3.63, 3.8) is 0 Å². The smallest absolute Gasteiger partial charge is 0.392 e. The zero-order chi connectivity index (χ0) is 26.6. The van der Waals surface area contributed by atoms with Crippen molar-refractivity contribution in [2.24, 2.45) is 0 Å². The van der Waals surface area contributed by atoms with E-state index in [4.69, 9.17) is 9.47 Å². The quantitative estimate of drug-likeness (QED) is 0.311. The van der Waals surface area contributed by atoms with Crippen LogP contribution >= 0.6 is 0 Å². The second-order valence-corrected chi connectivity index (χ2v) is 9.76. The fourth-order valence-corrected chi connectivity index (χ4v) is 4.86. The third-order valence-electron chi connectivity index (χ3n) is 6.81. The predicted octanol–water partition coefficient (Wildman–Crippen LogP) is 7.76. The van der Waals surface area contributed by atoms with Crippen LogP contribution in [0.2, 0.25) is 0 Å². The van der Waals surface area contributed by atoms with Crippen LogP contribution in [0.1, 0.15) is 72.4 Å². The Morgan fingerprint density at radius 2 is 1.70 bits per heavy atom. The summed E-state index contributed by atoms with van der Waals surface area (Å²) in [6.07, 6.45) is -1.60. The molecule has 1 aliphatic rings. The third-order valence-corrected chi connectivity index (χ3v) is 6.81. The molecule has 0 saturated carbocycles. The van der Waals surface area contributed by atoms with Crippen LogP contribution < -0.4 is 0 Å². The lowest BCUT2D eigenvalue weighted by Crippen LogP contribution is -2.22. The summed E-state index contributed by atoms with van der Waals surface area (Å²) in [4.78, 5) is 0. The molecule has 3 aromatic carbocycles. The van der Waals surface area contributed by atoms with Gasteiger partial charge < -0.3 is 14.6 Å². The van der Waals surface area contributed by atoms with Crippen molar-refractivity contribution in [2.45, 2.75) is 71.1 Å². The lowest BCUT2D eigenvalue weighted by Gasteiger charge is -2.27. The van der Waals surface area contributed by atoms with E-state index in [0.717, 1.165) is 64.8 Å². The number of hydrogen-bond acceptors (Lipinski definition) is 3. The average molecular weight is 517 g/mol. The van der Waals surface area contributed by atoms with Gasteiger partial charge in [0, 0.05) is 6.61 Å². The normalized spacial score (nSPS) is 16.4. The van der Waals surface area contributed by atoms with Crippen LogP contribution in [-0.4, -0.2) is 18.0 Å². The second-order valence-electron chi connectivity index (χ2n) is 9.76. The first-order valence-electron chi connectivity index (χ1n) is 12.6. The second kappa shape index (κ2) is 11.8. The Morgan fingerprint density at radius 1 is 1.00 bits per heavy atom. The molecule has 198 valence electrons. The molecule has 3 nitrogen and oxygen atoms in total. The fraction of sp³-hybridized carbons (Fsp3) is 0.400. The van der Waals surface area contributed by atoms with E-state index in [1.807, 2.05) is 19.9 Å². The molecule has 0 amide bonds. The summed E-state index contributed by atoms with van der Waals surface area (Å²) in [6, 6.07) is 13.3. The van der Waals surface area contributed by atoms with Crippen LogP contribution in [0.4, 0.5) is 17.6 Å². The van der Waals surface area contributed by atoms with Gasteiger partial charge in [0.05, 0.1) is 18.8 Å². The molecule has 0 spiro atoms. The number of rotatable bonds is 8. The van der Waals surface area contributed by atoms with Crippen molar-refractivity contribution in [3.05, 3.63) is 93.8 Å². The Labute approximate surface area is 215 Å². The average Bonchev–Trinajstić information content (AvgIpc) is 2.88. The molecule has 37 heavy (non-hydrogen) atoms. The van der Waals surface area contributed by atoms with Crippen LogP contribution in [-0.2, 0) is 35.3 Å². The van der Waals surface area contributed by atoms with Crippen molar-refractivity contribution < 1.29 is 32.1 Å². The highest BCUT2D eigenvalue weighted by atomic mass is 19.4. The van der Waals surface area contributed by atoms with Crippen molar-refractivity contribution in [3.8, 4) is 11.1 Å². The van der Waals surface area contributed by atoms with Gasteiger partial charge in [0.2, 0.25) is 0 Å². The first-order valence-corrected chi connectivity index (χ1v) is 12.6. The summed E-state index contributed by atoms with van der Waals surface area (Å²) >= 11 is 0. The summed E-state index contributed by atoms with van der Waals surface area (Å²) in [5.74, 6) is -0.297. The Balaban J connectivity index is 1.84. The van der Waals surface area contributed by atoms with Crippen molar-refractivity contribution in [1.29, 1.82) is 0 Å². The Bertz CT molecular complexity index is 1180. The van der Waals surface area contributed by atoms with Gasteiger partial charge in [-0.25, -0.2) is 4.39 Å². The van der Waals surface area contributed by atoms with Crippen LogP contribution in [0, 0.1) is 5.82 Å². The lowest BCUT2D eigenvalue weighted by atomic mass is 9.82. The molecule has 1 N–H and O–H groups in total. The third kappa shape index (κ3) is 6.58. The summed E-state index contributed by atoms with van der Waals surface area (Å²) in [5.41, 5.74) is 4.95. The predicted molar refractivity (Wildman–Crippen MR) is 134 cm³/mol. The summed E-state index contributed by atoms with van der Waals surface area (Å²) in [5, 5.41) is 10.3. The zero-order valence-corrected chi connectivity index (χ0v) is 21.1. The molecule has 3 aromatic rings. The van der Waals surface area contributed by atoms with Crippen LogP contribution in [0.25, 0.3) is 11.1 Å². The van der Waals surface area contributed by atoms with Gasteiger partial charge in [0.1, 0.15) is 5.82 Å². The van der Waals surface area contributed by atoms with Gasteiger partial charge in [-0.2, -0.15) is 13.2 Å². The van der Waals surface area contributed by atoms with Crippen molar-refractivity contribution >= 4 is 0 Å². The van der Waals surface area contributed by atoms with E-state index in [1.165, 1.54) is 24.3 Å². The van der Waals surface area contributed by atoms with E-state index in [0.29, 0.717) is 18.6 Å². The first-order chi connectivity index (χ1) is 17.7. The van der Waals surface area contributed by atoms with Crippen LogP contribution in [0.5, 0.6) is 0 Å². The highest BCUT2D eigenvalue weighted by Gasteiger charge is 2.30. The molecule has 0 bridgehead atoms. The number of aliphatic hydroxyl groups excluding tert-OH is 1. The molecule has 0 aromatic heterocycles. The van der Waals surface area contributed by atoms with Gasteiger partial charge in [-0.15, -0.1) is 0 Å². The molecule has 1 heterocycles. The number of halogens is 4. The molecular weight excluding hydrogens is 484 g/mol. The number of alkyl halides is 3. The van der Waals surface area contributed by atoms with E-state index in [9.17, 15) is 22.7 Å². The lowest BCUT2D eigenvalue weighted by molar-refractivity contribution is -0.169. The Hall–Kier alpha value is -2.74. The topological polar surface area (TPSA) is 38.7 Å². The Morgan fingerprint density at radius 3 is 2.27 bits per heavy atom. The van der Waals surface area contributed by atoms with Gasteiger partial charge in [-0.05, 0) is 94.8 Å². The molecule has 0 aliphatic carbocycles. The molecular formula is C30H32F4O3. The first kappa shape index (κ1) is 27.3. The maximum absolute atomic E-state index is 13.9. The summed E-state index contributed by atoms with van der Waals surface area (Å²) < 4.78 is 65.1. The fourth-order valence-electron chi connectivity index (χ4n) is 4.86. The van der Waals surface area contributed by atoms with E-state index >= 15 is 0 Å². The number of ether oxygens (including phenoxy) is 2. The molecule has 1 aliphatic heterocycles. The molecule has 7 heteroatoms. The Kier molecular flexibility index (Phi) is 8.67. The van der Waals surface area contributed by atoms with Crippen molar-refractivity contribution in [2.75, 3.05) is 6.61 Å². The minimum Gasteiger partial charge on any atom is -0.392 e. The van der Waals surface area contributed by atoms with Gasteiger partial charge in [0.25, 0.3) is 0 Å². The zero-order valence-electron chi connectivity index (χ0n) is 21.1. The highest BCUT2D eigenvalue weighted by Crippen LogP contribution is 2.39. The largest absolute Gasteiger partial charge is 0.416 e. The van der Waals surface area contributed by atoms with E-state index in [-0.39, 0.29) is 31.2 Å². The van der Waals surface area contributed by atoms with Crippen molar-refractivity contribution in [1.82, 2.24) is 0 Å². The molecule has 1 unspecified atom stereocenters. The van der Waals surface area contributed by atoms with E-state index in [1.54, 1.807) is 12.1 Å². The standard InChI is InChI=1S/C30H32F4O3/c1-19(2)25-16-22(17-35)27(18-37-28-5-3-4-14-36-28)29(21-8-12-24(31)13-9-21)26(25)15-20-6-10-23(11-7-20)30(32,33)34/h6-13,16,19,28,35H,3-5,14-15,17-18H2,1-2H3. The molecule has 1 atom stereocenters. The number of aliphatic hydroxyl groups is 1. The summed E-state index contributed by atoms with van der Waals surface area (Å²) in [6.45, 7) is 4.68. The maximum atomic E-state index is 13.9. The SMILES string of the molecule is CC(C)c1cc(CO)c(COC2CCCCO2)c(-c2ccc(F)cc2)c1Cc1ccc(C(F)(F)F)cc1. The minimum absolute atomic E-state index is 0.0746. The number of hydrogen-bond donors (Lipinski definition) is 1. The summed E-state index contributed by atoms with van der Waals surface area (Å²) in [7, 11) is 0. The van der Waals surface area contributed by atoms with Gasteiger partial charge in [-0.1, -0.05) is 44.2 Å². The monoisotopic (exact) mass is 516 g/mol. The molecule has 1 saturated heterocycles. The van der Waals surface area contributed by atoms with Gasteiger partial charge >= 0.3 is 6.18 Å². The van der Waals surface area contributed by atoms with Gasteiger partial charge in [0.15, 0.2) is 6.29 Å². The number of benzene rings is 3. The maximum Gasteiger partial charge on any atom is 0.416 e.